The van der Waals surface area contributed by atoms with Crippen LogP contribution in [0.3, 0.4) is 0 Å². The second kappa shape index (κ2) is 9.35. The van der Waals surface area contributed by atoms with Crippen LogP contribution in [0.15, 0.2) is 37.5 Å². The average Bonchev–Trinajstić information content (AvgIpc) is 2.56. The quantitative estimate of drug-likeness (QED) is 0.729. The minimum absolute atomic E-state index is 0.114. The second-order valence-corrected chi connectivity index (χ2v) is 6.07. The fourth-order valence-electron chi connectivity index (χ4n) is 3.07. The van der Waals surface area contributed by atoms with Crippen LogP contribution in [-0.4, -0.2) is 60.1 Å². The van der Waals surface area contributed by atoms with Crippen LogP contribution in [0.1, 0.15) is 25.7 Å². The van der Waals surface area contributed by atoms with E-state index < -0.39 is 12.2 Å². The first-order valence-corrected chi connectivity index (χ1v) is 8.29. The van der Waals surface area contributed by atoms with Gasteiger partial charge in [0.25, 0.3) is 0 Å². The van der Waals surface area contributed by atoms with E-state index in [0.717, 1.165) is 6.42 Å². The maximum absolute atomic E-state index is 9.99. The summed E-state index contributed by atoms with van der Waals surface area (Å²) < 4.78 is 17.8. The second-order valence-electron chi connectivity index (χ2n) is 6.07. The Bertz CT molecular complexity index is 408. The summed E-state index contributed by atoms with van der Waals surface area (Å²) in [6.07, 6.45) is 7.45. The molecule has 0 aromatic heterocycles. The van der Waals surface area contributed by atoms with Crippen molar-refractivity contribution in [1.29, 1.82) is 0 Å². The molecule has 2 N–H and O–H groups in total. The summed E-state index contributed by atoms with van der Waals surface area (Å²) in [5.74, 6) is 0. The van der Waals surface area contributed by atoms with Gasteiger partial charge >= 0.3 is 0 Å². The molecule has 0 radical (unpaired) electrons. The van der Waals surface area contributed by atoms with Gasteiger partial charge in [-0.1, -0.05) is 24.3 Å². The molecule has 0 spiro atoms. The SMILES string of the molecule is C=CCO[C@H]1C[C@@H](OCC=C)[C@@H]2CC[C@H](O)[C@@H](O)C/C=C\[C@H]1O2. The van der Waals surface area contributed by atoms with Crippen LogP contribution < -0.4 is 0 Å². The Hall–Kier alpha value is -0.980. The average molecular weight is 324 g/mol. The first-order valence-electron chi connectivity index (χ1n) is 8.29. The largest absolute Gasteiger partial charge is 0.390 e. The molecule has 0 unspecified atom stereocenters. The first-order chi connectivity index (χ1) is 11.2. The number of hydrogen-bond acceptors (Lipinski definition) is 5. The van der Waals surface area contributed by atoms with Crippen molar-refractivity contribution in [1.82, 2.24) is 0 Å². The normalized spacial score (nSPS) is 39.4. The summed E-state index contributed by atoms with van der Waals surface area (Å²) in [5.41, 5.74) is 0. The molecule has 5 heteroatoms. The van der Waals surface area contributed by atoms with Gasteiger partial charge in [0.2, 0.25) is 0 Å². The van der Waals surface area contributed by atoms with Crippen LogP contribution in [0.25, 0.3) is 0 Å². The van der Waals surface area contributed by atoms with Crippen molar-refractivity contribution in [2.45, 2.75) is 62.3 Å². The predicted molar refractivity (Wildman–Crippen MR) is 88.2 cm³/mol. The summed E-state index contributed by atoms with van der Waals surface area (Å²) in [6.45, 7) is 8.27. The lowest BCUT2D eigenvalue weighted by Crippen LogP contribution is -2.49. The molecule has 0 aromatic rings. The lowest BCUT2D eigenvalue weighted by Gasteiger charge is -2.41. The fraction of sp³-hybridized carbons (Fsp3) is 0.667. The van der Waals surface area contributed by atoms with E-state index in [1.54, 1.807) is 12.2 Å². The van der Waals surface area contributed by atoms with E-state index in [1.165, 1.54) is 0 Å². The van der Waals surface area contributed by atoms with Crippen LogP contribution >= 0.6 is 0 Å². The molecule has 6 atom stereocenters. The van der Waals surface area contributed by atoms with E-state index in [0.29, 0.717) is 32.5 Å². The molecular formula is C18H28O5. The standard InChI is InChI=1S/C18H28O5/c1-3-10-21-17-12-18(22-11-4-2)16-9-8-14(20)13(19)6-5-7-15(17)23-16/h3-5,7,13-20H,1-2,6,8-12H2/b7-5-/t13-,14-,15+,16-,17-,18+/m0/s1. The maximum Gasteiger partial charge on any atom is 0.102 e. The topological polar surface area (TPSA) is 68.2 Å². The van der Waals surface area contributed by atoms with Crippen molar-refractivity contribution in [3.8, 4) is 0 Å². The maximum atomic E-state index is 9.99. The highest BCUT2D eigenvalue weighted by molar-refractivity contribution is 5.01. The van der Waals surface area contributed by atoms with Gasteiger partial charge in [0.05, 0.1) is 43.7 Å². The molecule has 23 heavy (non-hydrogen) atoms. The van der Waals surface area contributed by atoms with Crippen LogP contribution in [0.5, 0.6) is 0 Å². The number of aliphatic hydroxyl groups excluding tert-OH is 2. The highest BCUT2D eigenvalue weighted by Crippen LogP contribution is 2.30. The Kier molecular flexibility index (Phi) is 7.46. The van der Waals surface area contributed by atoms with Crippen molar-refractivity contribution in [3.63, 3.8) is 0 Å². The molecule has 2 aliphatic heterocycles. The van der Waals surface area contributed by atoms with Crippen molar-refractivity contribution in [2.24, 2.45) is 0 Å². The third-order valence-corrected chi connectivity index (χ3v) is 4.33. The van der Waals surface area contributed by atoms with Gasteiger partial charge in [0, 0.05) is 6.42 Å². The van der Waals surface area contributed by atoms with Gasteiger partial charge in [0.15, 0.2) is 0 Å². The van der Waals surface area contributed by atoms with E-state index in [-0.39, 0.29) is 24.4 Å². The van der Waals surface area contributed by atoms with Gasteiger partial charge in [-0.05, 0) is 19.3 Å². The number of hydrogen-bond donors (Lipinski definition) is 2. The summed E-state index contributed by atoms with van der Waals surface area (Å²) in [4.78, 5) is 0. The molecule has 5 nitrogen and oxygen atoms in total. The van der Waals surface area contributed by atoms with Gasteiger partial charge in [-0.3, -0.25) is 0 Å². The number of ether oxygens (including phenoxy) is 3. The van der Waals surface area contributed by atoms with Gasteiger partial charge < -0.3 is 24.4 Å². The van der Waals surface area contributed by atoms with E-state index >= 15 is 0 Å². The summed E-state index contributed by atoms with van der Waals surface area (Å²) in [7, 11) is 0. The lowest BCUT2D eigenvalue weighted by atomic mass is 9.91. The third kappa shape index (κ3) is 5.26. The molecule has 2 rings (SSSR count). The summed E-state index contributed by atoms with van der Waals surface area (Å²) >= 11 is 0. The third-order valence-electron chi connectivity index (χ3n) is 4.33. The van der Waals surface area contributed by atoms with Crippen molar-refractivity contribution >= 4 is 0 Å². The Labute approximate surface area is 138 Å². The van der Waals surface area contributed by atoms with E-state index in [1.807, 2.05) is 12.2 Å². The smallest absolute Gasteiger partial charge is 0.102 e. The predicted octanol–water partition coefficient (Wildman–Crippen LogP) is 1.75. The highest BCUT2D eigenvalue weighted by Gasteiger charge is 2.38. The Morgan fingerprint density at radius 3 is 2.43 bits per heavy atom. The van der Waals surface area contributed by atoms with E-state index in [4.69, 9.17) is 14.2 Å². The summed E-state index contributed by atoms with van der Waals surface area (Å²) in [5, 5.41) is 19.9. The van der Waals surface area contributed by atoms with E-state index in [2.05, 4.69) is 13.2 Å². The van der Waals surface area contributed by atoms with E-state index in [9.17, 15) is 10.2 Å². The Morgan fingerprint density at radius 2 is 1.74 bits per heavy atom. The fourth-order valence-corrected chi connectivity index (χ4v) is 3.07. The number of fused-ring (bicyclic) bond motifs is 2. The van der Waals surface area contributed by atoms with Crippen LogP contribution in [0.4, 0.5) is 0 Å². The lowest BCUT2D eigenvalue weighted by molar-refractivity contribution is -0.182. The molecule has 2 bridgehead atoms. The van der Waals surface area contributed by atoms with Gasteiger partial charge in [-0.25, -0.2) is 0 Å². The van der Waals surface area contributed by atoms with Gasteiger partial charge in [0.1, 0.15) is 6.10 Å². The van der Waals surface area contributed by atoms with Crippen molar-refractivity contribution < 1.29 is 24.4 Å². The van der Waals surface area contributed by atoms with Crippen LogP contribution in [0.2, 0.25) is 0 Å². The minimum atomic E-state index is -0.745. The molecule has 0 saturated carbocycles. The zero-order valence-corrected chi connectivity index (χ0v) is 13.5. The molecule has 0 aliphatic carbocycles. The minimum Gasteiger partial charge on any atom is -0.390 e. The molecule has 130 valence electrons. The molecule has 1 saturated heterocycles. The highest BCUT2D eigenvalue weighted by atomic mass is 16.6. The first kappa shape index (κ1) is 18.4. The molecule has 0 aromatic carbocycles. The van der Waals surface area contributed by atoms with Crippen molar-refractivity contribution in [2.75, 3.05) is 13.2 Å². The molecule has 0 amide bonds. The zero-order chi connectivity index (χ0) is 16.7. The molecule has 2 heterocycles. The Balaban J connectivity index is 2.13. The zero-order valence-electron chi connectivity index (χ0n) is 13.5. The van der Waals surface area contributed by atoms with Gasteiger partial charge in [-0.2, -0.15) is 0 Å². The number of aliphatic hydroxyl groups is 2. The number of rotatable bonds is 6. The molecular weight excluding hydrogens is 296 g/mol. The molecule has 1 fully saturated rings. The Morgan fingerprint density at radius 1 is 1.04 bits per heavy atom. The molecule has 2 aliphatic rings. The van der Waals surface area contributed by atoms with Crippen molar-refractivity contribution in [3.05, 3.63) is 37.5 Å². The monoisotopic (exact) mass is 324 g/mol. The van der Waals surface area contributed by atoms with Crippen LogP contribution in [-0.2, 0) is 14.2 Å². The van der Waals surface area contributed by atoms with Crippen LogP contribution in [0, 0.1) is 0 Å². The summed E-state index contributed by atoms with van der Waals surface area (Å²) in [6, 6.07) is 0. The van der Waals surface area contributed by atoms with Gasteiger partial charge in [-0.15, -0.1) is 13.2 Å².